The molecule has 0 saturated carbocycles. The fourth-order valence-electron chi connectivity index (χ4n) is 3.89. The van der Waals surface area contributed by atoms with Crippen LogP contribution >= 0.6 is 11.6 Å². The van der Waals surface area contributed by atoms with E-state index in [2.05, 4.69) is 0 Å². The molecule has 6 nitrogen and oxygen atoms in total. The third-order valence-corrected chi connectivity index (χ3v) is 5.56. The number of nitrogens with zero attached hydrogens (tertiary/aromatic N) is 2. The maximum Gasteiger partial charge on any atom is 0.266 e. The van der Waals surface area contributed by atoms with Crippen LogP contribution in [0.15, 0.2) is 60.7 Å². The van der Waals surface area contributed by atoms with Crippen molar-refractivity contribution in [3.63, 3.8) is 0 Å². The zero-order chi connectivity index (χ0) is 21.2. The summed E-state index contributed by atoms with van der Waals surface area (Å²) in [6.45, 7) is 1.72. The SMILES string of the molecule is Cc1cc(N2C(=O)c3ccccc3C2=O)ccc1N1C(=O)c2ccc(Cl)cc2C1=O. The average molecular weight is 417 g/mol. The summed E-state index contributed by atoms with van der Waals surface area (Å²) in [5.41, 5.74) is 2.57. The van der Waals surface area contributed by atoms with Crippen LogP contribution in [0.25, 0.3) is 0 Å². The summed E-state index contributed by atoms with van der Waals surface area (Å²) in [4.78, 5) is 53.3. The van der Waals surface area contributed by atoms with Gasteiger partial charge in [-0.1, -0.05) is 23.7 Å². The molecule has 4 amide bonds. The lowest BCUT2D eigenvalue weighted by atomic mass is 10.1. The monoisotopic (exact) mass is 416 g/mol. The van der Waals surface area contributed by atoms with E-state index < -0.39 is 23.6 Å². The van der Waals surface area contributed by atoms with Crippen LogP contribution in [-0.4, -0.2) is 23.6 Å². The first-order valence-corrected chi connectivity index (χ1v) is 9.53. The number of imide groups is 2. The van der Waals surface area contributed by atoms with E-state index in [0.717, 1.165) is 9.80 Å². The highest BCUT2D eigenvalue weighted by Crippen LogP contribution is 2.35. The van der Waals surface area contributed by atoms with E-state index in [1.165, 1.54) is 12.1 Å². The Hall–Kier alpha value is -3.77. The molecule has 0 fully saturated rings. The Morgan fingerprint density at radius 1 is 0.633 bits per heavy atom. The summed E-state index contributed by atoms with van der Waals surface area (Å²) in [6, 6.07) is 15.9. The lowest BCUT2D eigenvalue weighted by Crippen LogP contribution is -2.31. The first-order chi connectivity index (χ1) is 14.4. The van der Waals surface area contributed by atoms with Gasteiger partial charge in [-0.2, -0.15) is 0 Å². The minimum Gasteiger partial charge on any atom is -0.268 e. The highest BCUT2D eigenvalue weighted by atomic mass is 35.5. The molecule has 30 heavy (non-hydrogen) atoms. The van der Waals surface area contributed by atoms with E-state index in [4.69, 9.17) is 11.6 Å². The van der Waals surface area contributed by atoms with Gasteiger partial charge in [-0.25, -0.2) is 9.80 Å². The van der Waals surface area contributed by atoms with Crippen LogP contribution in [0.4, 0.5) is 11.4 Å². The van der Waals surface area contributed by atoms with Crippen molar-refractivity contribution in [1.82, 2.24) is 0 Å². The van der Waals surface area contributed by atoms with Gasteiger partial charge >= 0.3 is 0 Å². The average Bonchev–Trinajstić information content (AvgIpc) is 3.13. The molecule has 2 aliphatic heterocycles. The molecule has 0 saturated heterocycles. The Labute approximate surface area is 176 Å². The Morgan fingerprint density at radius 2 is 1.20 bits per heavy atom. The molecule has 0 spiro atoms. The fraction of sp³-hybridized carbons (Fsp3) is 0.0435. The van der Waals surface area contributed by atoms with Crippen LogP contribution in [0, 0.1) is 6.92 Å². The van der Waals surface area contributed by atoms with Crippen molar-refractivity contribution in [3.8, 4) is 0 Å². The van der Waals surface area contributed by atoms with Crippen molar-refractivity contribution in [3.05, 3.63) is 93.5 Å². The minimum atomic E-state index is -0.464. The molecule has 0 atom stereocenters. The number of carbonyl (C=O) groups is 4. The second kappa shape index (κ2) is 6.37. The topological polar surface area (TPSA) is 74.8 Å². The zero-order valence-corrected chi connectivity index (χ0v) is 16.4. The van der Waals surface area contributed by atoms with Gasteiger partial charge in [-0.05, 0) is 61.0 Å². The van der Waals surface area contributed by atoms with Crippen LogP contribution in [0.3, 0.4) is 0 Å². The molecule has 146 valence electrons. The molecule has 0 aromatic heterocycles. The third-order valence-electron chi connectivity index (χ3n) is 5.32. The summed E-state index contributed by atoms with van der Waals surface area (Å²) in [5, 5.41) is 0.370. The Kier molecular flexibility index (Phi) is 3.88. The molecule has 2 heterocycles. The van der Waals surface area contributed by atoms with E-state index in [0.29, 0.717) is 33.1 Å². The summed E-state index contributed by atoms with van der Waals surface area (Å²) < 4.78 is 0. The highest BCUT2D eigenvalue weighted by molar-refractivity contribution is 6.37. The summed E-state index contributed by atoms with van der Waals surface area (Å²) in [5.74, 6) is -1.71. The van der Waals surface area contributed by atoms with Gasteiger partial charge in [0.05, 0.1) is 33.6 Å². The number of amides is 4. The van der Waals surface area contributed by atoms with Gasteiger partial charge in [-0.15, -0.1) is 0 Å². The van der Waals surface area contributed by atoms with Crippen molar-refractivity contribution in [2.45, 2.75) is 6.92 Å². The Bertz CT molecular complexity index is 1280. The maximum absolute atomic E-state index is 12.8. The molecule has 3 aromatic carbocycles. The largest absolute Gasteiger partial charge is 0.268 e. The van der Waals surface area contributed by atoms with Crippen molar-refractivity contribution in [2.75, 3.05) is 9.80 Å². The number of hydrogen-bond donors (Lipinski definition) is 0. The smallest absolute Gasteiger partial charge is 0.266 e. The minimum absolute atomic E-state index is 0.247. The van der Waals surface area contributed by atoms with Crippen LogP contribution < -0.4 is 9.80 Å². The number of fused-ring (bicyclic) bond motifs is 2. The van der Waals surface area contributed by atoms with E-state index in [1.807, 2.05) is 0 Å². The van der Waals surface area contributed by atoms with Crippen molar-refractivity contribution in [2.24, 2.45) is 0 Å². The third kappa shape index (κ3) is 2.44. The van der Waals surface area contributed by atoms with Crippen molar-refractivity contribution >= 4 is 46.6 Å². The highest BCUT2D eigenvalue weighted by Gasteiger charge is 2.39. The van der Waals surface area contributed by atoms with Gasteiger partial charge in [0.15, 0.2) is 0 Å². The fourth-order valence-corrected chi connectivity index (χ4v) is 4.06. The lowest BCUT2D eigenvalue weighted by Gasteiger charge is -2.20. The van der Waals surface area contributed by atoms with Crippen molar-refractivity contribution in [1.29, 1.82) is 0 Å². The van der Waals surface area contributed by atoms with E-state index >= 15 is 0 Å². The predicted molar refractivity (Wildman–Crippen MR) is 111 cm³/mol. The normalized spacial score (nSPS) is 15.1. The van der Waals surface area contributed by atoms with Gasteiger partial charge < -0.3 is 0 Å². The van der Waals surface area contributed by atoms with Gasteiger partial charge in [0.1, 0.15) is 0 Å². The van der Waals surface area contributed by atoms with E-state index in [1.54, 1.807) is 55.5 Å². The van der Waals surface area contributed by atoms with Gasteiger partial charge in [0.2, 0.25) is 0 Å². The number of rotatable bonds is 2. The number of aryl methyl sites for hydroxylation is 1. The zero-order valence-electron chi connectivity index (χ0n) is 15.7. The van der Waals surface area contributed by atoms with Gasteiger partial charge in [-0.3, -0.25) is 19.2 Å². The molecule has 0 unspecified atom stereocenters. The molecule has 3 aromatic rings. The molecular weight excluding hydrogens is 404 g/mol. The molecule has 0 bridgehead atoms. The number of halogens is 1. The number of benzene rings is 3. The van der Waals surface area contributed by atoms with Crippen LogP contribution in [0.2, 0.25) is 5.02 Å². The Morgan fingerprint density at radius 3 is 1.83 bits per heavy atom. The maximum atomic E-state index is 12.8. The molecule has 0 N–H and O–H groups in total. The molecule has 0 aliphatic carbocycles. The van der Waals surface area contributed by atoms with Crippen LogP contribution in [0.1, 0.15) is 47.0 Å². The summed E-state index contributed by atoms with van der Waals surface area (Å²) in [7, 11) is 0. The quantitative estimate of drug-likeness (QED) is 0.585. The summed E-state index contributed by atoms with van der Waals surface area (Å²) >= 11 is 5.97. The van der Waals surface area contributed by atoms with Crippen LogP contribution in [0.5, 0.6) is 0 Å². The van der Waals surface area contributed by atoms with Gasteiger partial charge in [0, 0.05) is 5.02 Å². The molecule has 0 radical (unpaired) electrons. The van der Waals surface area contributed by atoms with Gasteiger partial charge in [0.25, 0.3) is 23.6 Å². The molecule has 5 rings (SSSR count). The lowest BCUT2D eigenvalue weighted by molar-refractivity contribution is 0.0909. The predicted octanol–water partition coefficient (Wildman–Crippen LogP) is 4.25. The Balaban J connectivity index is 1.53. The second-order valence-corrected chi connectivity index (χ2v) is 7.53. The standard InChI is InChI=1S/C23H13ClN2O4/c1-12-10-14(25-20(27)15-4-2-3-5-16(15)21(25)28)7-9-19(12)26-22(29)17-8-6-13(24)11-18(17)23(26)30/h2-11H,1H3. The second-order valence-electron chi connectivity index (χ2n) is 7.10. The molecule has 2 aliphatic rings. The van der Waals surface area contributed by atoms with E-state index in [-0.39, 0.29) is 11.1 Å². The van der Waals surface area contributed by atoms with Crippen LogP contribution in [-0.2, 0) is 0 Å². The number of carbonyl (C=O) groups excluding carboxylic acids is 4. The summed E-state index contributed by atoms with van der Waals surface area (Å²) in [6.07, 6.45) is 0. The number of anilines is 2. The number of hydrogen-bond acceptors (Lipinski definition) is 4. The first-order valence-electron chi connectivity index (χ1n) is 9.15. The van der Waals surface area contributed by atoms with E-state index in [9.17, 15) is 19.2 Å². The van der Waals surface area contributed by atoms with Crippen molar-refractivity contribution < 1.29 is 19.2 Å². The first kappa shape index (κ1) is 18.3. The molecular formula is C23H13ClN2O4. The molecule has 7 heteroatoms.